The monoisotopic (exact) mass is 950 g/mol. The topological polar surface area (TPSA) is 166 Å². The van der Waals surface area contributed by atoms with E-state index in [9.17, 15) is 15.0 Å². The average Bonchev–Trinajstić information content (AvgIpc) is 3.64. The van der Waals surface area contributed by atoms with Crippen molar-refractivity contribution in [3.8, 4) is 5.75 Å². The van der Waals surface area contributed by atoms with Crippen LogP contribution < -0.4 is 4.74 Å². The van der Waals surface area contributed by atoms with E-state index in [0.29, 0.717) is 38.9 Å². The first-order valence-corrected chi connectivity index (χ1v) is 24.9. The van der Waals surface area contributed by atoms with Crippen molar-refractivity contribution in [1.82, 2.24) is 24.6 Å². The van der Waals surface area contributed by atoms with Crippen LogP contribution in [-0.4, -0.2) is 206 Å². The third-order valence-corrected chi connectivity index (χ3v) is 16.6. The van der Waals surface area contributed by atoms with Gasteiger partial charge in [-0.2, -0.15) is 0 Å². The predicted molar refractivity (Wildman–Crippen MR) is 252 cm³/mol. The highest BCUT2D eigenvalue weighted by Gasteiger charge is 2.64. The molecule has 2 bridgehead atoms. The van der Waals surface area contributed by atoms with Gasteiger partial charge in [0, 0.05) is 77.6 Å². The number of carbonyl (C=O) groups excluding carboxylic acids is 1. The predicted octanol–water partition coefficient (Wildman–Crippen LogP) is 4.32. The molecule has 1 aromatic rings. The van der Waals surface area contributed by atoms with Crippen LogP contribution >= 0.6 is 0 Å². The number of carbonyl (C=O) groups is 1. The molecule has 0 aliphatic carbocycles. The third kappa shape index (κ3) is 11.0. The van der Waals surface area contributed by atoms with Gasteiger partial charge in [-0.3, -0.25) is 24.5 Å². The first-order chi connectivity index (χ1) is 31.6. The summed E-state index contributed by atoms with van der Waals surface area (Å²) in [6.07, 6.45) is -3.28. The Bertz CT molecular complexity index is 1760. The van der Waals surface area contributed by atoms with Crippen molar-refractivity contribution in [1.29, 1.82) is 0 Å². The lowest BCUT2D eigenvalue weighted by atomic mass is 9.74. The molecule has 384 valence electrons. The number of nitrogens with zero attached hydrogens (tertiary/aromatic N) is 5. The molecule has 7 heterocycles. The van der Waals surface area contributed by atoms with E-state index in [1.54, 1.807) is 27.5 Å². The zero-order valence-electron chi connectivity index (χ0n) is 43.5. The molecule has 2 N–H and O–H groups in total. The molecule has 0 saturated carbocycles. The molecule has 3 unspecified atom stereocenters. The molecule has 67 heavy (non-hydrogen) atoms. The fourth-order valence-corrected chi connectivity index (χ4v) is 11.9. The van der Waals surface area contributed by atoms with Crippen molar-refractivity contribution in [3.63, 3.8) is 0 Å². The molecule has 18 atom stereocenters. The number of aliphatic hydroxyl groups excluding tert-OH is 2. The smallest absolute Gasteiger partial charge is 0.311 e. The summed E-state index contributed by atoms with van der Waals surface area (Å²) in [5.41, 5.74) is -1.88. The number of likely N-dealkylation sites (N-methyl/N-ethyl adjacent to an activating group) is 2. The minimum absolute atomic E-state index is 0.0347. The summed E-state index contributed by atoms with van der Waals surface area (Å²) in [5.74, 6) is -1.20. The van der Waals surface area contributed by atoms with Crippen LogP contribution in [0.4, 0.5) is 0 Å². The fraction of sp³-hybridized carbons (Fsp3) is 0.880. The van der Waals surface area contributed by atoms with E-state index in [-0.39, 0.29) is 42.5 Å². The van der Waals surface area contributed by atoms with Gasteiger partial charge in [0.25, 0.3) is 0 Å². The van der Waals surface area contributed by atoms with E-state index in [1.807, 2.05) is 79.6 Å². The second-order valence-corrected chi connectivity index (χ2v) is 21.1. The summed E-state index contributed by atoms with van der Waals surface area (Å²) in [5, 5.41) is 23.6. The number of esters is 1. The van der Waals surface area contributed by atoms with Gasteiger partial charge >= 0.3 is 5.97 Å². The van der Waals surface area contributed by atoms with Crippen LogP contribution in [0, 0.1) is 17.8 Å². The van der Waals surface area contributed by atoms with Crippen molar-refractivity contribution in [2.75, 3.05) is 74.7 Å². The van der Waals surface area contributed by atoms with Gasteiger partial charge < -0.3 is 57.7 Å². The van der Waals surface area contributed by atoms with Gasteiger partial charge in [-0.25, -0.2) is 0 Å². The highest BCUT2D eigenvalue weighted by molar-refractivity contribution is 5.73. The Kier molecular flexibility index (Phi) is 17.9. The fourth-order valence-electron chi connectivity index (χ4n) is 11.9. The van der Waals surface area contributed by atoms with Crippen LogP contribution in [0.2, 0.25) is 0 Å². The maximum atomic E-state index is 14.3. The Hall–Kier alpha value is -2.10. The van der Waals surface area contributed by atoms with Crippen molar-refractivity contribution in [3.05, 3.63) is 24.0 Å². The van der Waals surface area contributed by atoms with Gasteiger partial charge in [-0.15, -0.1) is 0 Å². The van der Waals surface area contributed by atoms with Crippen molar-refractivity contribution < 1.29 is 57.6 Å². The SMILES string of the molecule is CCN(CCN1CC2(OC1C)[C@H](C)O[C@@H](O[C@H]1[C@H](C)[C@@H](O[C@@H]3O[C@H](C)C[C@H](N(C)C)[C@H]3O)[C@@](C)(OC)C[C@@H](C)[C@H](O)[C@H](C)N3CC(C3)OC(=O)[C@@H]1C)C[C@@]2(C)OC)C(C)c1ncccc1OC. The van der Waals surface area contributed by atoms with Gasteiger partial charge in [0.05, 0.1) is 60.9 Å². The number of aromatic nitrogens is 1. The summed E-state index contributed by atoms with van der Waals surface area (Å²) in [6.45, 7) is 26.3. The van der Waals surface area contributed by atoms with Gasteiger partial charge in [0.15, 0.2) is 12.6 Å². The standard InChI is InChI=1S/C50H87N5O12/c1-17-53(33(6)41-39(59-14)19-18-20-51-41)21-22-54-28-50(67-36(54)9)35(8)63-40(25-49(50,11)61-16)65-44-31(4)45(66-47-43(57)38(52(12)13)23-30(3)62-47)48(10,60-15)24-29(2)42(56)34(7)55-26-37(27-55)64-46(58)32(44)5/h18-20,29-38,40,42-45,47,56-57H,17,21-28H2,1-16H3/t29-,30-,31+,32-,33?,34+,35+,36?,38+,40+,42+,43-,44+,45-,47+,48+,49-,50?/m1/s1. The first-order valence-electron chi connectivity index (χ1n) is 24.9. The van der Waals surface area contributed by atoms with E-state index in [1.165, 1.54) is 0 Å². The molecular formula is C50H87N5O12. The largest absolute Gasteiger partial charge is 0.495 e. The minimum atomic E-state index is -1.05. The molecule has 6 saturated heterocycles. The van der Waals surface area contributed by atoms with Crippen molar-refractivity contribution in [2.45, 2.75) is 192 Å². The molecule has 1 aromatic heterocycles. The second-order valence-electron chi connectivity index (χ2n) is 21.1. The Morgan fingerprint density at radius 3 is 2.30 bits per heavy atom. The summed E-state index contributed by atoms with van der Waals surface area (Å²) < 4.78 is 59.3. The third-order valence-electron chi connectivity index (χ3n) is 16.6. The Morgan fingerprint density at radius 2 is 1.67 bits per heavy atom. The lowest BCUT2D eigenvalue weighted by molar-refractivity contribution is -0.339. The number of aliphatic hydroxyl groups is 2. The van der Waals surface area contributed by atoms with Crippen LogP contribution in [0.1, 0.15) is 107 Å². The highest BCUT2D eigenvalue weighted by atomic mass is 16.7. The quantitative estimate of drug-likeness (QED) is 0.253. The molecule has 1 spiro atoms. The zero-order chi connectivity index (χ0) is 49.3. The van der Waals surface area contributed by atoms with Crippen LogP contribution in [0.5, 0.6) is 5.75 Å². The summed E-state index contributed by atoms with van der Waals surface area (Å²) in [4.78, 5) is 27.9. The van der Waals surface area contributed by atoms with Crippen LogP contribution in [0.25, 0.3) is 0 Å². The van der Waals surface area contributed by atoms with E-state index >= 15 is 0 Å². The molecule has 17 nitrogen and oxygen atoms in total. The molecule has 7 rings (SSSR count). The van der Waals surface area contributed by atoms with Crippen LogP contribution in [0.15, 0.2) is 18.3 Å². The number of hydrogen-bond donors (Lipinski definition) is 2. The van der Waals surface area contributed by atoms with E-state index < -0.39 is 77.7 Å². The summed E-state index contributed by atoms with van der Waals surface area (Å²) in [7, 11) is 8.91. The van der Waals surface area contributed by atoms with Crippen LogP contribution in [-0.2, 0) is 42.7 Å². The lowest BCUT2D eigenvalue weighted by Crippen LogP contribution is -2.68. The molecule has 0 aromatic carbocycles. The average molecular weight is 950 g/mol. The molecule has 17 heteroatoms. The number of fused-ring (bicyclic) bond motifs is 10. The van der Waals surface area contributed by atoms with E-state index in [4.69, 9.17) is 42.6 Å². The number of hydrogen-bond acceptors (Lipinski definition) is 17. The maximum absolute atomic E-state index is 14.3. The Balaban J connectivity index is 1.28. The maximum Gasteiger partial charge on any atom is 0.311 e. The summed E-state index contributed by atoms with van der Waals surface area (Å²) >= 11 is 0. The zero-order valence-corrected chi connectivity index (χ0v) is 43.5. The van der Waals surface area contributed by atoms with Gasteiger partial charge in [0.2, 0.25) is 0 Å². The molecule has 6 aliphatic rings. The van der Waals surface area contributed by atoms with Crippen LogP contribution in [0.3, 0.4) is 0 Å². The summed E-state index contributed by atoms with van der Waals surface area (Å²) in [6, 6.07) is 3.47. The number of rotatable bonds is 14. The molecule has 6 aliphatic heterocycles. The van der Waals surface area contributed by atoms with E-state index in [0.717, 1.165) is 31.1 Å². The van der Waals surface area contributed by atoms with Gasteiger partial charge in [-0.05, 0) is 107 Å². The number of pyridine rings is 1. The lowest BCUT2D eigenvalue weighted by Gasteiger charge is -2.54. The van der Waals surface area contributed by atoms with E-state index in [2.05, 4.69) is 47.4 Å². The highest BCUT2D eigenvalue weighted by Crippen LogP contribution is 2.49. The Morgan fingerprint density at radius 1 is 0.970 bits per heavy atom. The number of methoxy groups -OCH3 is 3. The molecular weight excluding hydrogens is 863 g/mol. The molecule has 6 fully saturated rings. The minimum Gasteiger partial charge on any atom is -0.495 e. The molecule has 0 amide bonds. The first kappa shape index (κ1) is 54.2. The number of ether oxygens (including phenoxy) is 9. The van der Waals surface area contributed by atoms with Gasteiger partial charge in [0.1, 0.15) is 35.4 Å². The Labute approximate surface area is 401 Å². The normalized spacial score (nSPS) is 44.0. The van der Waals surface area contributed by atoms with Crippen molar-refractivity contribution in [2.24, 2.45) is 17.8 Å². The van der Waals surface area contributed by atoms with Crippen molar-refractivity contribution >= 4 is 5.97 Å². The van der Waals surface area contributed by atoms with Gasteiger partial charge in [-0.1, -0.05) is 20.8 Å². The molecule has 0 radical (unpaired) electrons. The second kappa shape index (κ2) is 22.1.